The molecule has 0 aliphatic heterocycles. The first-order valence-electron chi connectivity index (χ1n) is 4.37. The summed E-state index contributed by atoms with van der Waals surface area (Å²) in [6.45, 7) is 2.01. The van der Waals surface area contributed by atoms with Gasteiger partial charge in [0.05, 0.1) is 17.3 Å². The molecule has 0 unspecified atom stereocenters. The molecule has 6 heteroatoms. The Labute approximate surface area is 96.3 Å². The van der Waals surface area contributed by atoms with E-state index < -0.39 is 5.97 Å². The molecular weight excluding hydrogens is 234 g/mol. The van der Waals surface area contributed by atoms with E-state index in [1.807, 2.05) is 0 Å². The summed E-state index contributed by atoms with van der Waals surface area (Å²) in [5.41, 5.74) is 0.0572. The molecule has 1 rings (SSSR count). The second-order valence-electron chi connectivity index (χ2n) is 2.74. The maximum absolute atomic E-state index is 10.9. The van der Waals surface area contributed by atoms with Crippen molar-refractivity contribution in [3.8, 4) is 5.75 Å². The SMILES string of the molecule is CCOc1cc(N=C=O)c(Cl)cc1C(=O)O. The average Bonchev–Trinajstić information content (AvgIpc) is 2.23. The van der Waals surface area contributed by atoms with Gasteiger partial charge in [-0.2, -0.15) is 4.99 Å². The van der Waals surface area contributed by atoms with Crippen molar-refractivity contribution >= 4 is 29.3 Å². The van der Waals surface area contributed by atoms with Gasteiger partial charge in [-0.05, 0) is 13.0 Å². The Morgan fingerprint density at radius 3 is 2.81 bits per heavy atom. The topological polar surface area (TPSA) is 76.0 Å². The van der Waals surface area contributed by atoms with Crippen LogP contribution in [0.3, 0.4) is 0 Å². The maximum Gasteiger partial charge on any atom is 0.339 e. The van der Waals surface area contributed by atoms with Crippen LogP contribution in [0.5, 0.6) is 5.75 Å². The highest BCUT2D eigenvalue weighted by atomic mass is 35.5. The van der Waals surface area contributed by atoms with Gasteiger partial charge in [0, 0.05) is 6.07 Å². The van der Waals surface area contributed by atoms with Crippen molar-refractivity contribution in [3.63, 3.8) is 0 Å². The zero-order valence-corrected chi connectivity index (χ0v) is 9.11. The first kappa shape index (κ1) is 12.2. The van der Waals surface area contributed by atoms with Crippen molar-refractivity contribution in [1.82, 2.24) is 0 Å². The molecule has 0 heterocycles. The van der Waals surface area contributed by atoms with E-state index in [1.165, 1.54) is 18.2 Å². The molecule has 0 amide bonds. The fraction of sp³-hybridized carbons (Fsp3) is 0.200. The smallest absolute Gasteiger partial charge is 0.339 e. The standard InChI is InChI=1S/C10H8ClNO4/c1-2-16-9-4-8(12-5-13)7(11)3-6(9)10(14)15/h3-4H,2H2,1H3,(H,14,15). The summed E-state index contributed by atoms with van der Waals surface area (Å²) in [6.07, 6.45) is 1.33. The zero-order chi connectivity index (χ0) is 12.1. The van der Waals surface area contributed by atoms with Crippen molar-refractivity contribution < 1.29 is 19.4 Å². The van der Waals surface area contributed by atoms with Crippen molar-refractivity contribution in [2.75, 3.05) is 6.61 Å². The Balaban J connectivity index is 3.36. The Morgan fingerprint density at radius 2 is 2.31 bits per heavy atom. The Kier molecular flexibility index (Phi) is 4.05. The molecule has 0 aliphatic rings. The first-order valence-corrected chi connectivity index (χ1v) is 4.75. The molecule has 0 aliphatic carbocycles. The second kappa shape index (κ2) is 5.30. The normalized spacial score (nSPS) is 9.38. The van der Waals surface area contributed by atoms with Gasteiger partial charge in [0.25, 0.3) is 0 Å². The summed E-state index contributed by atoms with van der Waals surface area (Å²) in [4.78, 5) is 24.3. The molecule has 0 spiro atoms. The minimum atomic E-state index is -1.16. The fourth-order valence-corrected chi connectivity index (χ4v) is 1.33. The molecule has 0 aromatic heterocycles. The Hall–Kier alpha value is -1.84. The average molecular weight is 242 g/mol. The van der Waals surface area contributed by atoms with E-state index in [9.17, 15) is 9.59 Å². The second-order valence-corrected chi connectivity index (χ2v) is 3.15. The van der Waals surface area contributed by atoms with Gasteiger partial charge in [0.1, 0.15) is 11.3 Å². The number of nitrogens with zero attached hydrogens (tertiary/aromatic N) is 1. The minimum Gasteiger partial charge on any atom is -0.493 e. The van der Waals surface area contributed by atoms with Gasteiger partial charge >= 0.3 is 5.97 Å². The lowest BCUT2D eigenvalue weighted by Crippen LogP contribution is -2.02. The predicted molar refractivity (Wildman–Crippen MR) is 57.4 cm³/mol. The van der Waals surface area contributed by atoms with Crippen LogP contribution in [-0.2, 0) is 4.79 Å². The summed E-state index contributed by atoms with van der Waals surface area (Å²) < 4.78 is 5.11. The molecule has 0 bridgehead atoms. The minimum absolute atomic E-state index is 0.0594. The van der Waals surface area contributed by atoms with Gasteiger partial charge in [-0.1, -0.05) is 11.6 Å². The maximum atomic E-state index is 10.9. The number of aliphatic imine (C=N–C) groups is 1. The number of carbonyl (C=O) groups excluding carboxylic acids is 1. The number of benzene rings is 1. The third-order valence-electron chi connectivity index (χ3n) is 1.75. The van der Waals surface area contributed by atoms with Crippen LogP contribution < -0.4 is 4.74 Å². The number of carboxylic acid groups (broad SMARTS) is 1. The summed E-state index contributed by atoms with van der Waals surface area (Å²) in [6, 6.07) is 2.48. The van der Waals surface area contributed by atoms with Crippen LogP contribution in [0.25, 0.3) is 0 Å². The Bertz CT molecular complexity index is 466. The summed E-state index contributed by atoms with van der Waals surface area (Å²) in [5.74, 6) is -1.04. The lowest BCUT2D eigenvalue weighted by atomic mass is 10.2. The zero-order valence-electron chi connectivity index (χ0n) is 8.36. The number of halogens is 1. The van der Waals surface area contributed by atoms with Crippen LogP contribution >= 0.6 is 11.6 Å². The molecule has 0 fully saturated rings. The van der Waals surface area contributed by atoms with Gasteiger partial charge in [-0.15, -0.1) is 0 Å². The number of ether oxygens (including phenoxy) is 1. The van der Waals surface area contributed by atoms with E-state index in [2.05, 4.69) is 4.99 Å². The van der Waals surface area contributed by atoms with Crippen LogP contribution in [-0.4, -0.2) is 23.8 Å². The van der Waals surface area contributed by atoms with E-state index in [1.54, 1.807) is 6.92 Å². The van der Waals surface area contributed by atoms with Crippen LogP contribution in [0.4, 0.5) is 5.69 Å². The van der Waals surface area contributed by atoms with Gasteiger partial charge in [-0.3, -0.25) is 0 Å². The van der Waals surface area contributed by atoms with Gasteiger partial charge < -0.3 is 9.84 Å². The Morgan fingerprint density at radius 1 is 1.62 bits per heavy atom. The lowest BCUT2D eigenvalue weighted by Gasteiger charge is -2.08. The number of carboxylic acids is 1. The number of carbonyl (C=O) groups is 1. The molecule has 0 atom stereocenters. The highest BCUT2D eigenvalue weighted by Gasteiger charge is 2.15. The molecule has 1 aromatic rings. The van der Waals surface area contributed by atoms with Crippen molar-refractivity contribution in [1.29, 1.82) is 0 Å². The highest BCUT2D eigenvalue weighted by molar-refractivity contribution is 6.33. The number of hydrogen-bond acceptors (Lipinski definition) is 4. The number of isocyanates is 1. The van der Waals surface area contributed by atoms with Crippen LogP contribution in [0.15, 0.2) is 17.1 Å². The lowest BCUT2D eigenvalue weighted by molar-refractivity contribution is 0.0692. The van der Waals surface area contributed by atoms with Gasteiger partial charge in [0.15, 0.2) is 0 Å². The van der Waals surface area contributed by atoms with Crippen molar-refractivity contribution in [3.05, 3.63) is 22.7 Å². The quantitative estimate of drug-likeness (QED) is 0.649. The van der Waals surface area contributed by atoms with E-state index in [0.29, 0.717) is 6.61 Å². The van der Waals surface area contributed by atoms with Crippen LogP contribution in [0.2, 0.25) is 5.02 Å². The largest absolute Gasteiger partial charge is 0.493 e. The molecule has 1 aromatic carbocycles. The number of rotatable bonds is 4. The third kappa shape index (κ3) is 2.59. The highest BCUT2D eigenvalue weighted by Crippen LogP contribution is 2.32. The van der Waals surface area contributed by atoms with E-state index in [4.69, 9.17) is 21.4 Å². The summed E-state index contributed by atoms with van der Waals surface area (Å²) in [5, 5.41) is 8.95. The van der Waals surface area contributed by atoms with E-state index in [0.717, 1.165) is 0 Å². The fourth-order valence-electron chi connectivity index (χ4n) is 1.12. The van der Waals surface area contributed by atoms with Gasteiger partial charge in [0.2, 0.25) is 6.08 Å². The van der Waals surface area contributed by atoms with E-state index in [-0.39, 0.29) is 22.0 Å². The summed E-state index contributed by atoms with van der Waals surface area (Å²) in [7, 11) is 0. The third-order valence-corrected chi connectivity index (χ3v) is 2.05. The van der Waals surface area contributed by atoms with Gasteiger partial charge in [-0.25, -0.2) is 9.59 Å². The number of aromatic carboxylic acids is 1. The first-order chi connectivity index (χ1) is 7.60. The van der Waals surface area contributed by atoms with Crippen LogP contribution in [0.1, 0.15) is 17.3 Å². The monoisotopic (exact) mass is 241 g/mol. The molecular formula is C10H8ClNO4. The summed E-state index contributed by atoms with van der Waals surface area (Å²) >= 11 is 5.73. The predicted octanol–water partition coefficient (Wildman–Crippen LogP) is 2.40. The number of hydrogen-bond donors (Lipinski definition) is 1. The molecule has 5 nitrogen and oxygen atoms in total. The molecule has 0 radical (unpaired) electrons. The molecule has 0 saturated carbocycles. The molecule has 1 N–H and O–H groups in total. The van der Waals surface area contributed by atoms with Crippen LogP contribution in [0, 0.1) is 0 Å². The van der Waals surface area contributed by atoms with Crippen molar-refractivity contribution in [2.45, 2.75) is 6.92 Å². The van der Waals surface area contributed by atoms with E-state index >= 15 is 0 Å². The molecule has 16 heavy (non-hydrogen) atoms. The van der Waals surface area contributed by atoms with Crippen molar-refractivity contribution in [2.24, 2.45) is 4.99 Å². The molecule has 0 saturated heterocycles. The molecule has 84 valence electrons.